The fraction of sp³-hybridized carbons (Fsp3) is 0.333. The Labute approximate surface area is 119 Å². The van der Waals surface area contributed by atoms with Gasteiger partial charge < -0.3 is 14.8 Å². The highest BCUT2D eigenvalue weighted by Gasteiger charge is 2.06. The van der Waals surface area contributed by atoms with E-state index in [2.05, 4.69) is 15.3 Å². The summed E-state index contributed by atoms with van der Waals surface area (Å²) in [6.45, 7) is 3.02. The Hall–Kier alpha value is -2.14. The molecule has 0 aromatic carbocycles. The van der Waals surface area contributed by atoms with E-state index in [1.54, 1.807) is 7.11 Å². The molecule has 0 amide bonds. The van der Waals surface area contributed by atoms with E-state index in [0.29, 0.717) is 19.0 Å². The van der Waals surface area contributed by atoms with Gasteiger partial charge in [-0.25, -0.2) is 4.98 Å². The first-order chi connectivity index (χ1) is 9.72. The number of methoxy groups -OCH3 is 1. The second kappa shape index (κ2) is 6.86. The molecule has 0 fully saturated rings. The average Bonchev–Trinajstić information content (AvgIpc) is 2.47. The van der Waals surface area contributed by atoms with Gasteiger partial charge in [-0.1, -0.05) is 6.07 Å². The number of hydrogen-bond donors (Lipinski definition) is 1. The maximum absolute atomic E-state index is 5.81. The lowest BCUT2D eigenvalue weighted by atomic mass is 10.3. The Balaban J connectivity index is 2.09. The van der Waals surface area contributed by atoms with Gasteiger partial charge in [0.25, 0.3) is 0 Å². The number of aryl methyl sites for hydroxylation is 1. The summed E-state index contributed by atoms with van der Waals surface area (Å²) in [5.41, 5.74) is 2.69. The molecule has 106 valence electrons. The van der Waals surface area contributed by atoms with Gasteiger partial charge in [0.05, 0.1) is 18.5 Å². The van der Waals surface area contributed by atoms with Crippen molar-refractivity contribution in [2.45, 2.75) is 20.1 Å². The Bertz CT molecular complexity index is 573. The second-order valence-electron chi connectivity index (χ2n) is 4.39. The number of hydrogen-bond acceptors (Lipinski definition) is 5. The smallest absolute Gasteiger partial charge is 0.213 e. The summed E-state index contributed by atoms with van der Waals surface area (Å²) in [5, 5.41) is 3.09. The molecular formula is C15H19N3O2. The van der Waals surface area contributed by atoms with Crippen LogP contribution in [0.4, 0.5) is 0 Å². The molecular weight excluding hydrogens is 254 g/mol. The van der Waals surface area contributed by atoms with Crippen LogP contribution < -0.4 is 14.8 Å². The normalized spacial score (nSPS) is 10.3. The van der Waals surface area contributed by atoms with Crippen LogP contribution in [0.25, 0.3) is 0 Å². The van der Waals surface area contributed by atoms with Gasteiger partial charge in [0.1, 0.15) is 12.4 Å². The Morgan fingerprint density at radius 3 is 2.75 bits per heavy atom. The van der Waals surface area contributed by atoms with Crippen molar-refractivity contribution in [3.05, 3.63) is 47.4 Å². The van der Waals surface area contributed by atoms with Gasteiger partial charge in [0.2, 0.25) is 5.88 Å². The molecule has 0 saturated heterocycles. The third-order valence-electron chi connectivity index (χ3n) is 2.78. The van der Waals surface area contributed by atoms with E-state index >= 15 is 0 Å². The number of rotatable bonds is 6. The van der Waals surface area contributed by atoms with Crippen LogP contribution in [0, 0.1) is 6.92 Å². The van der Waals surface area contributed by atoms with Crippen LogP contribution in [-0.4, -0.2) is 24.1 Å². The molecule has 0 spiro atoms. The fourth-order valence-electron chi connectivity index (χ4n) is 1.83. The predicted molar refractivity (Wildman–Crippen MR) is 76.9 cm³/mol. The van der Waals surface area contributed by atoms with Gasteiger partial charge in [-0.05, 0) is 32.2 Å². The Kier molecular flexibility index (Phi) is 4.90. The summed E-state index contributed by atoms with van der Waals surface area (Å²) in [7, 11) is 3.49. The number of pyridine rings is 2. The highest BCUT2D eigenvalue weighted by molar-refractivity contribution is 5.29. The highest BCUT2D eigenvalue weighted by atomic mass is 16.5. The van der Waals surface area contributed by atoms with Gasteiger partial charge in [-0.15, -0.1) is 0 Å². The number of nitrogens with one attached hydrogen (secondary N) is 1. The molecule has 2 rings (SSSR count). The molecule has 2 aromatic rings. The van der Waals surface area contributed by atoms with E-state index < -0.39 is 0 Å². The van der Waals surface area contributed by atoms with Crippen molar-refractivity contribution in [3.8, 4) is 11.6 Å². The zero-order chi connectivity index (χ0) is 14.4. The van der Waals surface area contributed by atoms with Gasteiger partial charge >= 0.3 is 0 Å². The minimum Gasteiger partial charge on any atom is -0.485 e. The third-order valence-corrected chi connectivity index (χ3v) is 2.78. The minimum atomic E-state index is 0.388. The second-order valence-corrected chi connectivity index (χ2v) is 4.39. The highest BCUT2D eigenvalue weighted by Crippen LogP contribution is 2.18. The molecule has 0 unspecified atom stereocenters. The Morgan fingerprint density at radius 1 is 1.15 bits per heavy atom. The van der Waals surface area contributed by atoms with Crippen LogP contribution in [0.1, 0.15) is 17.1 Å². The van der Waals surface area contributed by atoms with E-state index in [1.807, 2.05) is 44.3 Å². The zero-order valence-corrected chi connectivity index (χ0v) is 12.0. The van der Waals surface area contributed by atoms with Crippen molar-refractivity contribution in [3.63, 3.8) is 0 Å². The first kappa shape index (κ1) is 14.3. The van der Waals surface area contributed by atoms with Gasteiger partial charge in [0.15, 0.2) is 0 Å². The van der Waals surface area contributed by atoms with Crippen molar-refractivity contribution in [2.24, 2.45) is 0 Å². The monoisotopic (exact) mass is 273 g/mol. The van der Waals surface area contributed by atoms with Crippen molar-refractivity contribution in [1.82, 2.24) is 15.3 Å². The molecule has 2 heterocycles. The van der Waals surface area contributed by atoms with Crippen molar-refractivity contribution < 1.29 is 9.47 Å². The molecule has 0 aliphatic carbocycles. The largest absolute Gasteiger partial charge is 0.485 e. The summed E-state index contributed by atoms with van der Waals surface area (Å²) < 4.78 is 10.9. The van der Waals surface area contributed by atoms with Crippen LogP contribution in [0.15, 0.2) is 30.3 Å². The molecule has 0 bridgehead atoms. The van der Waals surface area contributed by atoms with E-state index in [4.69, 9.17) is 9.47 Å². The molecule has 5 heteroatoms. The van der Waals surface area contributed by atoms with Crippen LogP contribution >= 0.6 is 0 Å². The lowest BCUT2D eigenvalue weighted by Gasteiger charge is -2.11. The maximum atomic E-state index is 5.81. The van der Waals surface area contributed by atoms with E-state index in [9.17, 15) is 0 Å². The van der Waals surface area contributed by atoms with Gasteiger partial charge in [-0.3, -0.25) is 4.98 Å². The number of ether oxygens (including phenoxy) is 2. The van der Waals surface area contributed by atoms with E-state index in [0.717, 1.165) is 22.8 Å². The average molecular weight is 273 g/mol. The summed E-state index contributed by atoms with van der Waals surface area (Å²) in [6.07, 6.45) is 0. The molecule has 0 radical (unpaired) electrons. The molecule has 0 atom stereocenters. The van der Waals surface area contributed by atoms with Crippen LogP contribution in [0.3, 0.4) is 0 Å². The topological polar surface area (TPSA) is 56.3 Å². The molecule has 0 saturated carbocycles. The van der Waals surface area contributed by atoms with E-state index in [-0.39, 0.29) is 0 Å². The minimum absolute atomic E-state index is 0.388. The van der Waals surface area contributed by atoms with Crippen molar-refractivity contribution in [1.29, 1.82) is 0 Å². The van der Waals surface area contributed by atoms with Crippen LogP contribution in [0.5, 0.6) is 11.6 Å². The SMILES string of the molecule is CNCc1nc(C)ccc1OCc1cccc(OC)n1. The van der Waals surface area contributed by atoms with E-state index in [1.165, 1.54) is 0 Å². The standard InChI is InChI=1S/C15H19N3O2/c1-11-7-8-14(13(17-11)9-16-2)20-10-12-5-4-6-15(18-12)19-3/h4-8,16H,9-10H2,1-3H3. The lowest BCUT2D eigenvalue weighted by molar-refractivity contribution is 0.292. The molecule has 2 aromatic heterocycles. The molecule has 1 N–H and O–H groups in total. The predicted octanol–water partition coefficient (Wildman–Crippen LogP) is 2.09. The van der Waals surface area contributed by atoms with Gasteiger partial charge in [-0.2, -0.15) is 0 Å². The Morgan fingerprint density at radius 2 is 2.00 bits per heavy atom. The maximum Gasteiger partial charge on any atom is 0.213 e. The van der Waals surface area contributed by atoms with Crippen LogP contribution in [0.2, 0.25) is 0 Å². The van der Waals surface area contributed by atoms with Crippen molar-refractivity contribution in [2.75, 3.05) is 14.2 Å². The number of nitrogens with zero attached hydrogens (tertiary/aromatic N) is 2. The summed E-state index contributed by atoms with van der Waals surface area (Å²) >= 11 is 0. The zero-order valence-electron chi connectivity index (χ0n) is 12.0. The summed E-state index contributed by atoms with van der Waals surface area (Å²) in [5.74, 6) is 1.36. The molecule has 20 heavy (non-hydrogen) atoms. The van der Waals surface area contributed by atoms with Gasteiger partial charge in [0, 0.05) is 18.3 Å². The summed E-state index contributed by atoms with van der Waals surface area (Å²) in [6, 6.07) is 9.49. The number of aromatic nitrogens is 2. The first-order valence-corrected chi connectivity index (χ1v) is 6.46. The molecule has 5 nitrogen and oxygen atoms in total. The molecule has 0 aliphatic rings. The summed E-state index contributed by atoms with van der Waals surface area (Å²) in [4.78, 5) is 8.79. The van der Waals surface area contributed by atoms with Crippen LogP contribution in [-0.2, 0) is 13.2 Å². The lowest BCUT2D eigenvalue weighted by Crippen LogP contribution is -2.10. The molecule has 0 aliphatic heterocycles. The van der Waals surface area contributed by atoms with Crippen molar-refractivity contribution >= 4 is 0 Å². The quantitative estimate of drug-likeness (QED) is 0.873. The third kappa shape index (κ3) is 3.68. The fourth-order valence-corrected chi connectivity index (χ4v) is 1.83. The first-order valence-electron chi connectivity index (χ1n) is 6.46.